The fourth-order valence-corrected chi connectivity index (χ4v) is 2.25. The SMILES string of the molecule is COc1c(Nc2ccc(Cl)cc2)ccc(C(C)=O)c1C. The van der Waals surface area contributed by atoms with Crippen LogP contribution in [0.3, 0.4) is 0 Å². The van der Waals surface area contributed by atoms with Crippen molar-refractivity contribution in [3.8, 4) is 5.75 Å². The Hall–Kier alpha value is -2.00. The lowest BCUT2D eigenvalue weighted by atomic mass is 10.0. The summed E-state index contributed by atoms with van der Waals surface area (Å²) >= 11 is 5.86. The van der Waals surface area contributed by atoms with Crippen LogP contribution >= 0.6 is 11.6 Å². The van der Waals surface area contributed by atoms with Gasteiger partial charge in [0.05, 0.1) is 12.8 Å². The van der Waals surface area contributed by atoms with Crippen molar-refractivity contribution in [1.29, 1.82) is 0 Å². The molecule has 0 fully saturated rings. The number of hydrogen-bond donors (Lipinski definition) is 1. The minimum absolute atomic E-state index is 0.0267. The predicted octanol–water partition coefficient (Wildman–Crippen LogP) is 4.60. The Balaban J connectivity index is 2.39. The molecule has 0 atom stereocenters. The van der Waals surface area contributed by atoms with Crippen molar-refractivity contribution in [1.82, 2.24) is 0 Å². The number of ketones is 1. The molecule has 0 saturated heterocycles. The zero-order chi connectivity index (χ0) is 14.7. The molecule has 1 N–H and O–H groups in total. The molecule has 0 spiro atoms. The van der Waals surface area contributed by atoms with E-state index >= 15 is 0 Å². The van der Waals surface area contributed by atoms with Gasteiger partial charge in [0.2, 0.25) is 0 Å². The van der Waals surface area contributed by atoms with Gasteiger partial charge in [-0.25, -0.2) is 0 Å². The van der Waals surface area contributed by atoms with Crippen LogP contribution in [0.2, 0.25) is 5.02 Å². The molecule has 4 heteroatoms. The molecule has 104 valence electrons. The van der Waals surface area contributed by atoms with Crippen LogP contribution in [0.1, 0.15) is 22.8 Å². The number of halogens is 1. The lowest BCUT2D eigenvalue weighted by Crippen LogP contribution is -2.02. The number of carbonyl (C=O) groups excluding carboxylic acids is 1. The molecule has 0 heterocycles. The summed E-state index contributed by atoms with van der Waals surface area (Å²) in [5, 5.41) is 3.95. The number of nitrogens with one attached hydrogen (secondary N) is 1. The zero-order valence-electron chi connectivity index (χ0n) is 11.7. The van der Waals surface area contributed by atoms with Crippen molar-refractivity contribution >= 4 is 28.8 Å². The highest BCUT2D eigenvalue weighted by Gasteiger charge is 2.13. The smallest absolute Gasteiger partial charge is 0.160 e. The molecular formula is C16H16ClNO2. The second kappa shape index (κ2) is 5.97. The fraction of sp³-hybridized carbons (Fsp3) is 0.188. The highest BCUT2D eigenvalue weighted by molar-refractivity contribution is 6.30. The van der Waals surface area contributed by atoms with Gasteiger partial charge in [0.25, 0.3) is 0 Å². The molecule has 2 rings (SSSR count). The van der Waals surface area contributed by atoms with Crippen LogP contribution in [-0.2, 0) is 0 Å². The Labute approximate surface area is 123 Å². The minimum atomic E-state index is 0.0267. The van der Waals surface area contributed by atoms with E-state index in [4.69, 9.17) is 16.3 Å². The van der Waals surface area contributed by atoms with E-state index in [-0.39, 0.29) is 5.78 Å². The van der Waals surface area contributed by atoms with Gasteiger partial charge in [0.15, 0.2) is 5.78 Å². The standard InChI is InChI=1S/C16H16ClNO2/c1-10-14(11(2)19)8-9-15(16(10)20-3)18-13-6-4-12(17)5-7-13/h4-9,18H,1-3H3. The third-order valence-electron chi connectivity index (χ3n) is 3.11. The Morgan fingerprint density at radius 3 is 2.35 bits per heavy atom. The first-order chi connectivity index (χ1) is 9.52. The van der Waals surface area contributed by atoms with Crippen molar-refractivity contribution in [2.75, 3.05) is 12.4 Å². The quantitative estimate of drug-likeness (QED) is 0.836. The first kappa shape index (κ1) is 14.4. The molecule has 0 saturated carbocycles. The molecule has 2 aromatic carbocycles. The number of Topliss-reactive ketones (excluding diaryl/α,β-unsaturated/α-hetero) is 1. The maximum atomic E-state index is 11.6. The summed E-state index contributed by atoms with van der Waals surface area (Å²) in [5.41, 5.74) is 3.22. The summed E-state index contributed by atoms with van der Waals surface area (Å²) in [4.78, 5) is 11.6. The molecule has 0 unspecified atom stereocenters. The van der Waals surface area contributed by atoms with Crippen molar-refractivity contribution in [3.05, 3.63) is 52.5 Å². The van der Waals surface area contributed by atoms with E-state index in [1.807, 2.05) is 37.3 Å². The van der Waals surface area contributed by atoms with Crippen LogP contribution in [0.4, 0.5) is 11.4 Å². The Kier molecular flexibility index (Phi) is 4.30. The van der Waals surface area contributed by atoms with Crippen LogP contribution < -0.4 is 10.1 Å². The van der Waals surface area contributed by atoms with E-state index in [1.54, 1.807) is 20.1 Å². The Bertz CT molecular complexity index is 636. The summed E-state index contributed by atoms with van der Waals surface area (Å²) < 4.78 is 5.42. The highest BCUT2D eigenvalue weighted by Crippen LogP contribution is 2.33. The lowest BCUT2D eigenvalue weighted by Gasteiger charge is -2.15. The topological polar surface area (TPSA) is 38.3 Å². The maximum Gasteiger partial charge on any atom is 0.160 e. The van der Waals surface area contributed by atoms with Crippen molar-refractivity contribution in [3.63, 3.8) is 0 Å². The van der Waals surface area contributed by atoms with Crippen molar-refractivity contribution in [2.24, 2.45) is 0 Å². The number of anilines is 2. The van der Waals surface area contributed by atoms with Gasteiger partial charge in [-0.1, -0.05) is 11.6 Å². The van der Waals surface area contributed by atoms with Crippen LogP contribution in [0.5, 0.6) is 5.75 Å². The Morgan fingerprint density at radius 1 is 1.15 bits per heavy atom. The normalized spacial score (nSPS) is 10.2. The minimum Gasteiger partial charge on any atom is -0.494 e. The summed E-state index contributed by atoms with van der Waals surface area (Å²) in [6.07, 6.45) is 0. The summed E-state index contributed by atoms with van der Waals surface area (Å²) in [6, 6.07) is 11.0. The number of methoxy groups -OCH3 is 1. The van der Waals surface area contributed by atoms with Gasteiger partial charge in [0.1, 0.15) is 5.75 Å². The lowest BCUT2D eigenvalue weighted by molar-refractivity contribution is 0.101. The van der Waals surface area contributed by atoms with Crippen LogP contribution in [0.25, 0.3) is 0 Å². The first-order valence-electron chi connectivity index (χ1n) is 6.24. The van der Waals surface area contributed by atoms with E-state index in [0.717, 1.165) is 16.9 Å². The second-order valence-corrected chi connectivity index (χ2v) is 4.94. The first-order valence-corrected chi connectivity index (χ1v) is 6.62. The third-order valence-corrected chi connectivity index (χ3v) is 3.36. The molecule has 2 aromatic rings. The van der Waals surface area contributed by atoms with E-state index in [1.165, 1.54) is 0 Å². The van der Waals surface area contributed by atoms with Crippen LogP contribution in [0, 0.1) is 6.92 Å². The average Bonchev–Trinajstić information content (AvgIpc) is 2.41. The zero-order valence-corrected chi connectivity index (χ0v) is 12.4. The molecule has 0 aliphatic heterocycles. The van der Waals surface area contributed by atoms with Crippen molar-refractivity contribution < 1.29 is 9.53 Å². The van der Waals surface area contributed by atoms with Crippen molar-refractivity contribution in [2.45, 2.75) is 13.8 Å². The molecule has 3 nitrogen and oxygen atoms in total. The predicted molar refractivity (Wildman–Crippen MR) is 82.5 cm³/mol. The van der Waals surface area contributed by atoms with Gasteiger partial charge >= 0.3 is 0 Å². The van der Waals surface area contributed by atoms with Gasteiger partial charge in [-0.15, -0.1) is 0 Å². The summed E-state index contributed by atoms with van der Waals surface area (Å²) in [5.74, 6) is 0.700. The molecular weight excluding hydrogens is 274 g/mol. The molecule has 0 bridgehead atoms. The molecule has 20 heavy (non-hydrogen) atoms. The molecule has 0 aromatic heterocycles. The third kappa shape index (κ3) is 2.94. The number of benzene rings is 2. The van der Waals surface area contributed by atoms with Gasteiger partial charge in [-0.3, -0.25) is 4.79 Å². The second-order valence-electron chi connectivity index (χ2n) is 4.51. The Morgan fingerprint density at radius 2 is 1.80 bits per heavy atom. The van der Waals surface area contributed by atoms with Gasteiger partial charge in [0, 0.05) is 21.8 Å². The molecule has 0 amide bonds. The van der Waals surface area contributed by atoms with E-state index < -0.39 is 0 Å². The van der Waals surface area contributed by atoms with E-state index in [2.05, 4.69) is 5.32 Å². The average molecular weight is 290 g/mol. The fourth-order valence-electron chi connectivity index (χ4n) is 2.12. The summed E-state index contributed by atoms with van der Waals surface area (Å²) in [6.45, 7) is 3.43. The number of hydrogen-bond acceptors (Lipinski definition) is 3. The van der Waals surface area contributed by atoms with E-state index in [0.29, 0.717) is 16.3 Å². The number of carbonyl (C=O) groups is 1. The van der Waals surface area contributed by atoms with E-state index in [9.17, 15) is 4.79 Å². The molecule has 0 aliphatic carbocycles. The number of ether oxygens (including phenoxy) is 1. The van der Waals surface area contributed by atoms with Gasteiger partial charge in [-0.2, -0.15) is 0 Å². The van der Waals surface area contributed by atoms with Crippen LogP contribution in [0.15, 0.2) is 36.4 Å². The van der Waals surface area contributed by atoms with Crippen LogP contribution in [-0.4, -0.2) is 12.9 Å². The molecule has 0 aliphatic rings. The molecule has 0 radical (unpaired) electrons. The highest BCUT2D eigenvalue weighted by atomic mass is 35.5. The summed E-state index contributed by atoms with van der Waals surface area (Å²) in [7, 11) is 1.60. The monoisotopic (exact) mass is 289 g/mol. The largest absolute Gasteiger partial charge is 0.494 e. The maximum absolute atomic E-state index is 11.6. The van der Waals surface area contributed by atoms with Gasteiger partial charge < -0.3 is 10.1 Å². The number of rotatable bonds is 4. The van der Waals surface area contributed by atoms with Gasteiger partial charge in [-0.05, 0) is 50.2 Å².